The zero-order chi connectivity index (χ0) is 12.8. The number of methoxy groups -OCH3 is 1. The van der Waals surface area contributed by atoms with Gasteiger partial charge in [-0.2, -0.15) is 12.7 Å². The summed E-state index contributed by atoms with van der Waals surface area (Å²) in [6.07, 6.45) is -0.478. The van der Waals surface area contributed by atoms with Crippen molar-refractivity contribution in [1.29, 1.82) is 0 Å². The third-order valence-corrected chi connectivity index (χ3v) is 3.09. The van der Waals surface area contributed by atoms with E-state index >= 15 is 0 Å². The minimum absolute atomic E-state index is 0.0312. The lowest BCUT2D eigenvalue weighted by molar-refractivity contribution is 0.177. The van der Waals surface area contributed by atoms with Gasteiger partial charge in [-0.1, -0.05) is 19.1 Å². The second kappa shape index (κ2) is 6.61. The molecule has 0 spiro atoms. The highest BCUT2D eigenvalue weighted by Crippen LogP contribution is 2.00. The third kappa shape index (κ3) is 5.24. The summed E-state index contributed by atoms with van der Waals surface area (Å²) in [5, 5.41) is 0. The van der Waals surface area contributed by atoms with Gasteiger partial charge < -0.3 is 10.5 Å². The van der Waals surface area contributed by atoms with E-state index in [2.05, 4.69) is 17.0 Å². The topological polar surface area (TPSA) is 102 Å². The van der Waals surface area contributed by atoms with Crippen molar-refractivity contribution in [2.75, 3.05) is 20.2 Å². The van der Waals surface area contributed by atoms with Gasteiger partial charge in [0, 0.05) is 6.54 Å². The lowest BCUT2D eigenvalue weighted by Gasteiger charge is -2.20. The molecule has 9 heteroatoms. The van der Waals surface area contributed by atoms with Crippen LogP contribution in [0.5, 0.6) is 0 Å². The number of nitrogens with zero attached hydrogens (tertiary/aromatic N) is 1. The van der Waals surface area contributed by atoms with E-state index in [1.165, 1.54) is 0 Å². The molecule has 3 N–H and O–H groups in total. The highest BCUT2D eigenvalue weighted by atomic mass is 32.2. The zero-order valence-electron chi connectivity index (χ0n) is 9.10. The van der Waals surface area contributed by atoms with Gasteiger partial charge in [0.1, 0.15) is 0 Å². The number of carbonyl (C=O) groups is 1. The highest BCUT2D eigenvalue weighted by molar-refractivity contribution is 7.87. The number of carbonyl (C=O) groups excluding carboxylic acids is 1. The van der Waals surface area contributed by atoms with Crippen molar-refractivity contribution >= 4 is 33.5 Å². The van der Waals surface area contributed by atoms with Crippen LogP contribution in [0.2, 0.25) is 0 Å². The van der Waals surface area contributed by atoms with Crippen LogP contribution in [-0.2, 0) is 14.9 Å². The van der Waals surface area contributed by atoms with Crippen molar-refractivity contribution < 1.29 is 17.9 Å². The Morgan fingerprint density at radius 1 is 1.56 bits per heavy atom. The van der Waals surface area contributed by atoms with Gasteiger partial charge in [0.05, 0.1) is 18.6 Å². The van der Waals surface area contributed by atoms with E-state index < -0.39 is 16.3 Å². The summed E-state index contributed by atoms with van der Waals surface area (Å²) in [4.78, 5) is 10.8. The molecule has 0 aromatic heterocycles. The Morgan fingerprint density at radius 2 is 2.12 bits per heavy atom. The fourth-order valence-corrected chi connectivity index (χ4v) is 2.31. The van der Waals surface area contributed by atoms with E-state index in [1.807, 2.05) is 0 Å². The monoisotopic (exact) mass is 269 g/mol. The van der Waals surface area contributed by atoms with Crippen molar-refractivity contribution in [3.63, 3.8) is 0 Å². The number of rotatable bonds is 6. The lowest BCUT2D eigenvalue weighted by atomic mass is 10.5. The first-order chi connectivity index (χ1) is 7.33. The van der Waals surface area contributed by atoms with Gasteiger partial charge in [-0.3, -0.25) is 0 Å². The van der Waals surface area contributed by atoms with Crippen LogP contribution in [0.25, 0.3) is 0 Å². The molecule has 0 fully saturated rings. The molecule has 0 unspecified atom stereocenters. The van der Waals surface area contributed by atoms with Gasteiger partial charge in [-0.15, -0.1) is 0 Å². The molecule has 0 aliphatic heterocycles. The average molecular weight is 269 g/mol. The van der Waals surface area contributed by atoms with Gasteiger partial charge in [-0.05, 0) is 6.42 Å². The number of hydrogen-bond acceptors (Lipinski definition) is 5. The maximum atomic E-state index is 11.6. The summed E-state index contributed by atoms with van der Waals surface area (Å²) >= 11 is 4.62. The first-order valence-corrected chi connectivity index (χ1v) is 6.32. The Labute approximate surface area is 100 Å². The Morgan fingerprint density at radius 3 is 2.50 bits per heavy atom. The quantitative estimate of drug-likeness (QED) is 0.635. The number of nitrogens with two attached hydrogens (primary N) is 1. The summed E-state index contributed by atoms with van der Waals surface area (Å²) in [5.74, 6) is 0. The Kier molecular flexibility index (Phi) is 6.22. The van der Waals surface area contributed by atoms with Crippen molar-refractivity contribution in [3.8, 4) is 0 Å². The largest absolute Gasteiger partial charge is 0.452 e. The number of hydrogen-bond donors (Lipinski definition) is 2. The molecule has 0 saturated carbocycles. The van der Waals surface area contributed by atoms with E-state index in [-0.39, 0.29) is 18.1 Å². The molecule has 0 aliphatic carbocycles. The summed E-state index contributed by atoms with van der Waals surface area (Å²) in [6, 6.07) is 0. The summed E-state index contributed by atoms with van der Waals surface area (Å²) < 4.78 is 30.1. The number of thiocarbonyl (C=S) groups is 1. The highest BCUT2D eigenvalue weighted by Gasteiger charge is 2.24. The predicted molar refractivity (Wildman–Crippen MR) is 63.1 cm³/mol. The molecule has 0 heterocycles. The first-order valence-electron chi connectivity index (χ1n) is 4.47. The molecule has 0 aromatic rings. The Hall–Kier alpha value is -0.930. The molecular weight excluding hydrogens is 254 g/mol. The minimum atomic E-state index is -3.95. The Bertz CT molecular complexity index is 355. The maximum Gasteiger partial charge on any atom is 0.421 e. The predicted octanol–water partition coefficient (Wildman–Crippen LogP) is -0.415. The van der Waals surface area contributed by atoms with Crippen molar-refractivity contribution in [3.05, 3.63) is 0 Å². The van der Waals surface area contributed by atoms with Gasteiger partial charge in [-0.25, -0.2) is 9.52 Å². The number of nitrogens with one attached hydrogen (secondary N) is 1. The lowest BCUT2D eigenvalue weighted by Crippen LogP contribution is -2.46. The molecule has 0 saturated heterocycles. The van der Waals surface area contributed by atoms with Crippen LogP contribution in [0.15, 0.2) is 0 Å². The molecule has 0 aromatic carbocycles. The van der Waals surface area contributed by atoms with Crippen LogP contribution in [0.4, 0.5) is 4.79 Å². The van der Waals surface area contributed by atoms with Crippen molar-refractivity contribution in [2.45, 2.75) is 13.3 Å². The van der Waals surface area contributed by atoms with Crippen LogP contribution in [-0.4, -0.2) is 44.0 Å². The van der Waals surface area contributed by atoms with Crippen LogP contribution in [0.3, 0.4) is 0 Å². The molecule has 16 heavy (non-hydrogen) atoms. The fourth-order valence-electron chi connectivity index (χ4n) is 0.919. The van der Waals surface area contributed by atoms with Crippen LogP contribution in [0, 0.1) is 0 Å². The standard InChI is InChI=1S/C7H15N3O4S2/c1-3-4-10(5-6(8)15)16(12,13)9-7(11)14-2/h3-5H2,1-2H3,(H2,8,15)(H,9,11). The third-order valence-electron chi connectivity index (χ3n) is 1.54. The molecular formula is C7H15N3O4S2. The number of amides is 1. The normalized spacial score (nSPS) is 11.2. The second-order valence-corrected chi connectivity index (χ2v) is 5.09. The molecule has 0 rings (SSSR count). The van der Waals surface area contributed by atoms with Gasteiger partial charge in [0.15, 0.2) is 0 Å². The summed E-state index contributed by atoms with van der Waals surface area (Å²) in [6.45, 7) is 1.89. The summed E-state index contributed by atoms with van der Waals surface area (Å²) in [7, 11) is -2.88. The Balaban J connectivity index is 4.75. The second-order valence-electron chi connectivity index (χ2n) is 2.90. The summed E-state index contributed by atoms with van der Waals surface area (Å²) in [5.41, 5.74) is 5.26. The van der Waals surface area contributed by atoms with E-state index in [0.29, 0.717) is 6.42 Å². The maximum absolute atomic E-state index is 11.6. The van der Waals surface area contributed by atoms with Crippen molar-refractivity contribution in [2.24, 2.45) is 5.73 Å². The van der Waals surface area contributed by atoms with Gasteiger partial charge >= 0.3 is 16.3 Å². The molecule has 0 bridgehead atoms. The van der Waals surface area contributed by atoms with E-state index in [1.54, 1.807) is 11.6 Å². The van der Waals surface area contributed by atoms with Gasteiger partial charge in [0.2, 0.25) is 0 Å². The van der Waals surface area contributed by atoms with Crippen LogP contribution < -0.4 is 10.5 Å². The molecule has 94 valence electrons. The molecule has 0 radical (unpaired) electrons. The van der Waals surface area contributed by atoms with E-state index in [9.17, 15) is 13.2 Å². The molecule has 1 amide bonds. The number of ether oxygens (including phenoxy) is 1. The van der Waals surface area contributed by atoms with Crippen molar-refractivity contribution in [1.82, 2.24) is 9.03 Å². The smallest absolute Gasteiger partial charge is 0.421 e. The van der Waals surface area contributed by atoms with E-state index in [4.69, 9.17) is 5.73 Å². The SMILES string of the molecule is CCCN(CC(N)=S)S(=O)(=O)NC(=O)OC. The minimum Gasteiger partial charge on any atom is -0.452 e. The molecule has 0 aliphatic rings. The average Bonchev–Trinajstić information content (AvgIpc) is 2.15. The first kappa shape index (κ1) is 15.1. The molecule has 0 atom stereocenters. The van der Waals surface area contributed by atoms with Crippen LogP contribution in [0.1, 0.15) is 13.3 Å². The van der Waals surface area contributed by atoms with Gasteiger partial charge in [0.25, 0.3) is 0 Å². The zero-order valence-corrected chi connectivity index (χ0v) is 10.7. The fraction of sp³-hybridized carbons (Fsp3) is 0.714. The van der Waals surface area contributed by atoms with E-state index in [0.717, 1.165) is 11.4 Å². The molecule has 7 nitrogen and oxygen atoms in total. The van der Waals surface area contributed by atoms with Crippen LogP contribution >= 0.6 is 12.2 Å².